The zero-order valence-electron chi connectivity index (χ0n) is 5.53. The number of hydrogen-bond donors (Lipinski definition) is 1. The summed E-state index contributed by atoms with van der Waals surface area (Å²) >= 11 is 1.97. The largest absolute Gasteiger partial charge is 0.315 e. The van der Waals surface area contributed by atoms with Crippen molar-refractivity contribution in [3.8, 4) is 0 Å². The zero-order chi connectivity index (χ0) is 6.04. The van der Waals surface area contributed by atoms with E-state index in [2.05, 4.69) is 18.5 Å². The van der Waals surface area contributed by atoms with Gasteiger partial charge in [0, 0.05) is 11.3 Å². The third kappa shape index (κ3) is 1.17. The van der Waals surface area contributed by atoms with Gasteiger partial charge in [-0.05, 0) is 26.1 Å². The fourth-order valence-electron chi connectivity index (χ4n) is 0.968. The van der Waals surface area contributed by atoms with Gasteiger partial charge in [-0.3, -0.25) is 0 Å². The van der Waals surface area contributed by atoms with Gasteiger partial charge in [-0.15, -0.1) is 0 Å². The molecule has 1 nitrogen and oxygen atoms in total. The second kappa shape index (κ2) is 2.28. The molecule has 1 N–H and O–H groups in total. The van der Waals surface area contributed by atoms with E-state index in [0.717, 1.165) is 0 Å². The van der Waals surface area contributed by atoms with E-state index in [1.807, 2.05) is 11.8 Å². The molecular weight excluding hydrogens is 118 g/mol. The molecule has 0 spiro atoms. The summed E-state index contributed by atoms with van der Waals surface area (Å²) in [6.07, 6.45) is 3.52. The fraction of sp³-hybridized carbons (Fsp3) is 1.00. The maximum absolute atomic E-state index is 3.34. The van der Waals surface area contributed by atoms with E-state index in [1.54, 1.807) is 0 Å². The van der Waals surface area contributed by atoms with Gasteiger partial charge in [-0.1, -0.05) is 0 Å². The monoisotopic (exact) mass is 131 g/mol. The van der Waals surface area contributed by atoms with Crippen LogP contribution < -0.4 is 5.32 Å². The van der Waals surface area contributed by atoms with Crippen molar-refractivity contribution < 1.29 is 0 Å². The summed E-state index contributed by atoms with van der Waals surface area (Å²) in [7, 11) is 0. The standard InChI is InChI=1S/C6H13NS/c1-6(8-2)3-4-7-5-6/h7H,3-5H2,1-2H3. The van der Waals surface area contributed by atoms with Crippen LogP contribution in [0.1, 0.15) is 13.3 Å². The molecule has 1 atom stereocenters. The molecule has 0 aliphatic carbocycles. The third-order valence-corrected chi connectivity index (χ3v) is 3.16. The van der Waals surface area contributed by atoms with Gasteiger partial charge in [-0.25, -0.2) is 0 Å². The van der Waals surface area contributed by atoms with Gasteiger partial charge in [0.15, 0.2) is 0 Å². The molecule has 0 bridgehead atoms. The van der Waals surface area contributed by atoms with Crippen molar-refractivity contribution in [3.63, 3.8) is 0 Å². The summed E-state index contributed by atoms with van der Waals surface area (Å²) in [5.41, 5.74) is 0. The highest BCUT2D eigenvalue weighted by molar-refractivity contribution is 8.00. The van der Waals surface area contributed by atoms with E-state index in [0.29, 0.717) is 4.75 Å². The molecule has 1 aliphatic rings. The molecule has 0 amide bonds. The fourth-order valence-corrected chi connectivity index (χ4v) is 1.52. The minimum atomic E-state index is 0.542. The summed E-state index contributed by atoms with van der Waals surface area (Å²) in [4.78, 5) is 0. The van der Waals surface area contributed by atoms with Gasteiger partial charge in [-0.2, -0.15) is 11.8 Å². The van der Waals surface area contributed by atoms with Crippen LogP contribution in [0.2, 0.25) is 0 Å². The first-order valence-corrected chi connectivity index (χ1v) is 4.25. The SMILES string of the molecule is CSC1(C)CCNC1. The smallest absolute Gasteiger partial charge is 0.0265 e. The van der Waals surface area contributed by atoms with Gasteiger partial charge in [0.2, 0.25) is 0 Å². The summed E-state index contributed by atoms with van der Waals surface area (Å²) in [5.74, 6) is 0. The summed E-state index contributed by atoms with van der Waals surface area (Å²) < 4.78 is 0.542. The summed E-state index contributed by atoms with van der Waals surface area (Å²) in [6.45, 7) is 4.71. The quantitative estimate of drug-likeness (QED) is 0.572. The first-order chi connectivity index (χ1) is 3.77. The molecule has 1 saturated heterocycles. The van der Waals surface area contributed by atoms with Gasteiger partial charge in [0.25, 0.3) is 0 Å². The van der Waals surface area contributed by atoms with Crippen LogP contribution in [0, 0.1) is 0 Å². The maximum Gasteiger partial charge on any atom is 0.0265 e. The number of nitrogens with one attached hydrogen (secondary N) is 1. The van der Waals surface area contributed by atoms with E-state index in [-0.39, 0.29) is 0 Å². The Morgan fingerprint density at radius 2 is 2.38 bits per heavy atom. The average molecular weight is 131 g/mol. The highest BCUT2D eigenvalue weighted by atomic mass is 32.2. The van der Waals surface area contributed by atoms with E-state index in [9.17, 15) is 0 Å². The lowest BCUT2D eigenvalue weighted by Gasteiger charge is -2.18. The minimum Gasteiger partial charge on any atom is -0.315 e. The van der Waals surface area contributed by atoms with Crippen molar-refractivity contribution in [2.45, 2.75) is 18.1 Å². The van der Waals surface area contributed by atoms with Crippen LogP contribution in [0.5, 0.6) is 0 Å². The number of rotatable bonds is 1. The summed E-state index contributed by atoms with van der Waals surface area (Å²) in [6, 6.07) is 0. The van der Waals surface area contributed by atoms with Crippen LogP contribution in [-0.2, 0) is 0 Å². The molecule has 1 fully saturated rings. The minimum absolute atomic E-state index is 0.542. The molecule has 0 radical (unpaired) electrons. The van der Waals surface area contributed by atoms with Gasteiger partial charge < -0.3 is 5.32 Å². The molecule has 8 heavy (non-hydrogen) atoms. The molecule has 1 rings (SSSR count). The third-order valence-electron chi connectivity index (χ3n) is 1.82. The zero-order valence-corrected chi connectivity index (χ0v) is 6.35. The highest BCUT2D eigenvalue weighted by Gasteiger charge is 2.26. The Kier molecular flexibility index (Phi) is 1.83. The van der Waals surface area contributed by atoms with Crippen LogP contribution in [0.25, 0.3) is 0 Å². The Morgan fingerprint density at radius 1 is 1.62 bits per heavy atom. The number of thioether (sulfide) groups is 1. The van der Waals surface area contributed by atoms with Crippen molar-refractivity contribution in [1.29, 1.82) is 0 Å². The van der Waals surface area contributed by atoms with Gasteiger partial charge >= 0.3 is 0 Å². The Balaban J connectivity index is 2.40. The molecule has 1 unspecified atom stereocenters. The van der Waals surface area contributed by atoms with Gasteiger partial charge in [0.05, 0.1) is 0 Å². The topological polar surface area (TPSA) is 12.0 Å². The molecular formula is C6H13NS. The van der Waals surface area contributed by atoms with Crippen LogP contribution in [-0.4, -0.2) is 24.1 Å². The Morgan fingerprint density at radius 3 is 2.62 bits per heavy atom. The van der Waals surface area contributed by atoms with Crippen LogP contribution in [0.3, 0.4) is 0 Å². The first kappa shape index (κ1) is 6.43. The van der Waals surface area contributed by atoms with Crippen molar-refractivity contribution in [2.24, 2.45) is 0 Å². The van der Waals surface area contributed by atoms with Crippen LogP contribution in [0.4, 0.5) is 0 Å². The van der Waals surface area contributed by atoms with Crippen molar-refractivity contribution in [2.75, 3.05) is 19.3 Å². The second-order valence-corrected chi connectivity index (χ2v) is 3.97. The number of hydrogen-bond acceptors (Lipinski definition) is 2. The maximum atomic E-state index is 3.34. The second-order valence-electron chi connectivity index (χ2n) is 2.58. The van der Waals surface area contributed by atoms with Crippen LogP contribution >= 0.6 is 11.8 Å². The molecule has 0 saturated carbocycles. The molecule has 48 valence electrons. The normalized spacial score (nSPS) is 38.2. The Labute approximate surface area is 55.2 Å². The molecule has 2 heteroatoms. The van der Waals surface area contributed by atoms with E-state index in [4.69, 9.17) is 0 Å². The van der Waals surface area contributed by atoms with E-state index < -0.39 is 0 Å². The van der Waals surface area contributed by atoms with Crippen molar-refractivity contribution in [1.82, 2.24) is 5.32 Å². The lowest BCUT2D eigenvalue weighted by molar-refractivity contribution is 0.714. The van der Waals surface area contributed by atoms with E-state index >= 15 is 0 Å². The predicted octanol–water partition coefficient (Wildman–Crippen LogP) is 1.10. The summed E-state index contributed by atoms with van der Waals surface area (Å²) in [5, 5.41) is 3.34. The van der Waals surface area contributed by atoms with Crippen molar-refractivity contribution in [3.05, 3.63) is 0 Å². The van der Waals surface area contributed by atoms with Crippen molar-refractivity contribution >= 4 is 11.8 Å². The highest BCUT2D eigenvalue weighted by Crippen LogP contribution is 2.27. The van der Waals surface area contributed by atoms with Crippen LogP contribution in [0.15, 0.2) is 0 Å². The lowest BCUT2D eigenvalue weighted by atomic mass is 10.1. The molecule has 0 aromatic heterocycles. The Bertz CT molecular complexity index is 76.6. The van der Waals surface area contributed by atoms with E-state index in [1.165, 1.54) is 19.5 Å². The Hall–Kier alpha value is 0.310. The van der Waals surface area contributed by atoms with Gasteiger partial charge in [0.1, 0.15) is 0 Å². The lowest BCUT2D eigenvalue weighted by Crippen LogP contribution is -2.22. The molecule has 0 aromatic rings. The molecule has 0 aromatic carbocycles. The first-order valence-electron chi connectivity index (χ1n) is 3.03. The average Bonchev–Trinajstić information content (AvgIpc) is 2.17. The molecule has 1 heterocycles. The molecule has 1 aliphatic heterocycles. The predicted molar refractivity (Wildman–Crippen MR) is 39.4 cm³/mol.